The van der Waals surface area contributed by atoms with Gasteiger partial charge in [-0.05, 0) is 42.0 Å². The van der Waals surface area contributed by atoms with E-state index in [2.05, 4.69) is 116 Å². The predicted octanol–water partition coefficient (Wildman–Crippen LogP) is 3.97. The molecule has 25 heavy (non-hydrogen) atoms. The lowest BCUT2D eigenvalue weighted by molar-refractivity contribution is -0.646. The fraction of sp³-hybridized carbons (Fsp3) is 0.227. The van der Waals surface area contributed by atoms with Crippen LogP contribution in [-0.2, 0) is 7.05 Å². The van der Waals surface area contributed by atoms with Crippen molar-refractivity contribution in [2.24, 2.45) is 7.05 Å². The largest absolute Gasteiger partial charge is 0.378 e. The van der Waals surface area contributed by atoms with Crippen LogP contribution in [0.1, 0.15) is 11.3 Å². The normalized spacial score (nSPS) is 11.2. The van der Waals surface area contributed by atoms with Gasteiger partial charge >= 0.3 is 0 Å². The molecule has 3 rings (SSSR count). The Morgan fingerprint density at radius 3 is 2.00 bits per heavy atom. The number of benzene rings is 2. The topological polar surface area (TPSA) is 10.4 Å². The average Bonchev–Trinajstić information content (AvgIpc) is 2.61. The van der Waals surface area contributed by atoms with Gasteiger partial charge in [0.05, 0.1) is 0 Å². The SMILES string of the molecule is CN(C)c1ccc(/C=C/c2ccc3cc(N(C)C)ccc3[n+]2C)cc1. The minimum absolute atomic E-state index is 1.18. The number of anilines is 2. The number of fused-ring (bicyclic) bond motifs is 1. The van der Waals surface area contributed by atoms with Crippen molar-refractivity contribution in [2.75, 3.05) is 38.0 Å². The molecule has 3 nitrogen and oxygen atoms in total. The van der Waals surface area contributed by atoms with Crippen LogP contribution in [0.4, 0.5) is 11.4 Å². The van der Waals surface area contributed by atoms with Crippen molar-refractivity contribution in [1.82, 2.24) is 0 Å². The molecule has 0 N–H and O–H groups in total. The molecule has 128 valence electrons. The first kappa shape index (κ1) is 17.0. The highest BCUT2D eigenvalue weighted by Crippen LogP contribution is 2.20. The Balaban J connectivity index is 1.90. The summed E-state index contributed by atoms with van der Waals surface area (Å²) >= 11 is 0. The lowest BCUT2D eigenvalue weighted by Gasteiger charge is -2.12. The quantitative estimate of drug-likeness (QED) is 0.669. The zero-order chi connectivity index (χ0) is 18.0. The summed E-state index contributed by atoms with van der Waals surface area (Å²) in [6.07, 6.45) is 4.33. The van der Waals surface area contributed by atoms with E-state index in [9.17, 15) is 0 Å². The summed E-state index contributed by atoms with van der Waals surface area (Å²) in [7, 11) is 10.4. The highest BCUT2D eigenvalue weighted by atomic mass is 15.1. The maximum Gasteiger partial charge on any atom is 0.212 e. The molecule has 0 fully saturated rings. The van der Waals surface area contributed by atoms with E-state index >= 15 is 0 Å². The van der Waals surface area contributed by atoms with Crippen LogP contribution >= 0.6 is 0 Å². The molecule has 1 aromatic heterocycles. The molecular weight excluding hydrogens is 306 g/mol. The molecule has 0 bridgehead atoms. The summed E-state index contributed by atoms with van der Waals surface area (Å²) in [4.78, 5) is 4.24. The van der Waals surface area contributed by atoms with Crippen molar-refractivity contribution >= 4 is 34.4 Å². The second-order valence-electron chi connectivity index (χ2n) is 6.77. The van der Waals surface area contributed by atoms with E-state index in [0.717, 1.165) is 0 Å². The van der Waals surface area contributed by atoms with E-state index in [-0.39, 0.29) is 0 Å². The van der Waals surface area contributed by atoms with E-state index < -0.39 is 0 Å². The zero-order valence-electron chi connectivity index (χ0n) is 15.7. The van der Waals surface area contributed by atoms with Crippen LogP contribution in [-0.4, -0.2) is 28.2 Å². The average molecular weight is 332 g/mol. The molecule has 0 aliphatic rings. The monoisotopic (exact) mass is 332 g/mol. The van der Waals surface area contributed by atoms with Crippen molar-refractivity contribution in [3.8, 4) is 0 Å². The number of rotatable bonds is 4. The molecule has 0 unspecified atom stereocenters. The fourth-order valence-corrected chi connectivity index (χ4v) is 2.92. The third-order valence-electron chi connectivity index (χ3n) is 4.57. The Morgan fingerprint density at radius 2 is 1.36 bits per heavy atom. The summed E-state index contributed by atoms with van der Waals surface area (Å²) in [6.45, 7) is 0. The number of hydrogen-bond acceptors (Lipinski definition) is 2. The summed E-state index contributed by atoms with van der Waals surface area (Å²) in [6, 6.07) is 19.5. The highest BCUT2D eigenvalue weighted by molar-refractivity contribution is 5.81. The van der Waals surface area contributed by atoms with Crippen molar-refractivity contribution in [3.63, 3.8) is 0 Å². The van der Waals surface area contributed by atoms with Crippen LogP contribution < -0.4 is 14.4 Å². The van der Waals surface area contributed by atoms with E-state index in [1.54, 1.807) is 0 Å². The molecule has 3 aromatic rings. The molecular formula is C22H26N3+. The van der Waals surface area contributed by atoms with Gasteiger partial charge in [-0.1, -0.05) is 12.1 Å². The summed E-state index contributed by atoms with van der Waals surface area (Å²) in [5.41, 5.74) is 6.05. The number of aryl methyl sites for hydroxylation is 1. The van der Waals surface area contributed by atoms with Crippen LogP contribution in [0, 0.1) is 0 Å². The third-order valence-corrected chi connectivity index (χ3v) is 4.57. The summed E-state index contributed by atoms with van der Waals surface area (Å²) in [5.74, 6) is 0. The van der Waals surface area contributed by atoms with E-state index in [1.165, 1.54) is 33.5 Å². The number of hydrogen-bond donors (Lipinski definition) is 0. The minimum atomic E-state index is 1.18. The predicted molar refractivity (Wildman–Crippen MR) is 109 cm³/mol. The second-order valence-corrected chi connectivity index (χ2v) is 6.77. The first-order chi connectivity index (χ1) is 12.0. The van der Waals surface area contributed by atoms with Gasteiger partial charge in [-0.15, -0.1) is 0 Å². The van der Waals surface area contributed by atoms with Gasteiger partial charge in [0.2, 0.25) is 11.2 Å². The zero-order valence-corrected chi connectivity index (χ0v) is 15.7. The molecule has 1 heterocycles. The Kier molecular flexibility index (Phi) is 4.75. The molecule has 0 radical (unpaired) electrons. The number of nitrogens with zero attached hydrogens (tertiary/aromatic N) is 3. The van der Waals surface area contributed by atoms with Gasteiger partial charge in [0.1, 0.15) is 7.05 Å². The Hall–Kier alpha value is -2.81. The molecule has 0 atom stereocenters. The standard InChI is InChI=1S/C22H26N3/c1-23(2)19-10-6-17(7-11-19)8-12-20-13-9-18-16-21(24(3)4)14-15-22(18)25(20)5/h6-16H,1-5H3/q+1. The van der Waals surface area contributed by atoms with Crippen LogP contribution in [0.15, 0.2) is 54.6 Å². The van der Waals surface area contributed by atoms with Crippen LogP contribution in [0.2, 0.25) is 0 Å². The first-order valence-electron chi connectivity index (χ1n) is 8.51. The molecule has 3 heteroatoms. The maximum absolute atomic E-state index is 2.24. The van der Waals surface area contributed by atoms with Gasteiger partial charge in [-0.3, -0.25) is 0 Å². The molecule has 2 aromatic carbocycles. The highest BCUT2D eigenvalue weighted by Gasteiger charge is 2.10. The van der Waals surface area contributed by atoms with Gasteiger partial charge < -0.3 is 9.80 Å². The third kappa shape index (κ3) is 3.66. The van der Waals surface area contributed by atoms with Crippen LogP contribution in [0.3, 0.4) is 0 Å². The van der Waals surface area contributed by atoms with Crippen molar-refractivity contribution in [2.45, 2.75) is 0 Å². The fourth-order valence-electron chi connectivity index (χ4n) is 2.92. The van der Waals surface area contributed by atoms with Crippen molar-refractivity contribution in [3.05, 3.63) is 65.9 Å². The molecule has 0 aliphatic carbocycles. The van der Waals surface area contributed by atoms with Crippen LogP contribution in [0.25, 0.3) is 23.1 Å². The van der Waals surface area contributed by atoms with Crippen LogP contribution in [0.5, 0.6) is 0 Å². The van der Waals surface area contributed by atoms with Crippen molar-refractivity contribution in [1.29, 1.82) is 0 Å². The van der Waals surface area contributed by atoms with E-state index in [1.807, 2.05) is 0 Å². The lowest BCUT2D eigenvalue weighted by Crippen LogP contribution is -2.32. The summed E-state index contributed by atoms with van der Waals surface area (Å²) < 4.78 is 2.24. The van der Waals surface area contributed by atoms with E-state index in [0.29, 0.717) is 0 Å². The van der Waals surface area contributed by atoms with Gasteiger partial charge in [-0.25, -0.2) is 0 Å². The molecule has 0 aliphatic heterocycles. The molecule has 0 saturated heterocycles. The van der Waals surface area contributed by atoms with Gasteiger partial charge in [0.25, 0.3) is 0 Å². The smallest absolute Gasteiger partial charge is 0.212 e. The molecule has 0 saturated carbocycles. The number of aromatic nitrogens is 1. The van der Waals surface area contributed by atoms with Gasteiger partial charge in [0.15, 0.2) is 0 Å². The summed E-state index contributed by atoms with van der Waals surface area (Å²) in [5, 5.41) is 1.25. The lowest BCUT2D eigenvalue weighted by atomic mass is 10.1. The second kappa shape index (κ2) is 6.98. The first-order valence-corrected chi connectivity index (χ1v) is 8.51. The maximum atomic E-state index is 2.24. The van der Waals surface area contributed by atoms with Crippen molar-refractivity contribution < 1.29 is 4.57 Å². The molecule has 0 amide bonds. The minimum Gasteiger partial charge on any atom is -0.378 e. The Bertz CT molecular complexity index is 906. The van der Waals surface area contributed by atoms with Gasteiger partial charge in [-0.2, -0.15) is 4.57 Å². The number of pyridine rings is 1. The van der Waals surface area contributed by atoms with E-state index in [4.69, 9.17) is 0 Å². The Morgan fingerprint density at radius 1 is 0.720 bits per heavy atom. The molecule has 0 spiro atoms. The van der Waals surface area contributed by atoms with Gasteiger partial charge in [0, 0.05) is 63.2 Å². The Labute approximate surface area is 150 Å².